The van der Waals surface area contributed by atoms with Gasteiger partial charge in [0.1, 0.15) is 13.2 Å². The Bertz CT molecular complexity index is 736. The number of esters is 3. The second-order valence-corrected chi connectivity index (χ2v) is 15.1. The van der Waals surface area contributed by atoms with Crippen LogP contribution in [0.4, 0.5) is 0 Å². The Morgan fingerprint density at radius 1 is 0.388 bits per heavy atom. The van der Waals surface area contributed by atoms with Gasteiger partial charge in [-0.15, -0.1) is 0 Å². The number of hydrogen-bond donors (Lipinski definition) is 0. The SMILES string of the molecule is CCCCCCCCCCCCCCCCCC(=O)OC[C@@H](COC(=O)CCCCCCCCC)OC(=O)CCCCCCCCC(C)C. The van der Waals surface area contributed by atoms with Gasteiger partial charge in [0.2, 0.25) is 0 Å². The van der Waals surface area contributed by atoms with Crippen LogP contribution in [0.3, 0.4) is 0 Å². The second-order valence-electron chi connectivity index (χ2n) is 15.1. The van der Waals surface area contributed by atoms with Gasteiger partial charge in [-0.25, -0.2) is 0 Å². The maximum atomic E-state index is 12.6. The summed E-state index contributed by atoms with van der Waals surface area (Å²) in [5, 5.41) is 0. The van der Waals surface area contributed by atoms with Gasteiger partial charge in [0.05, 0.1) is 0 Å². The van der Waals surface area contributed by atoms with Crippen LogP contribution in [0, 0.1) is 5.92 Å². The van der Waals surface area contributed by atoms with E-state index in [1.807, 2.05) is 0 Å². The molecule has 0 unspecified atom stereocenters. The van der Waals surface area contributed by atoms with Crippen molar-refractivity contribution >= 4 is 17.9 Å². The lowest BCUT2D eigenvalue weighted by molar-refractivity contribution is -0.167. The second kappa shape index (κ2) is 37.7. The standard InChI is InChI=1S/C43H82O6/c1-5-7-9-11-13-14-15-16-17-18-19-20-22-27-31-35-42(45)48-38-40(37-47-41(44)34-30-26-21-12-10-8-6-2)49-43(46)36-32-28-24-23-25-29-33-39(3)4/h39-40H,5-38H2,1-4H3/t40-/m1/s1. The summed E-state index contributed by atoms with van der Waals surface area (Å²) in [4.78, 5) is 37.4. The van der Waals surface area contributed by atoms with E-state index in [1.165, 1.54) is 128 Å². The maximum Gasteiger partial charge on any atom is 0.306 e. The van der Waals surface area contributed by atoms with Crippen molar-refractivity contribution in [1.82, 2.24) is 0 Å². The Morgan fingerprint density at radius 3 is 1.00 bits per heavy atom. The van der Waals surface area contributed by atoms with Crippen LogP contribution in [0.5, 0.6) is 0 Å². The maximum absolute atomic E-state index is 12.6. The Hall–Kier alpha value is -1.59. The molecule has 0 amide bonds. The summed E-state index contributed by atoms with van der Waals surface area (Å²) in [6.45, 7) is 8.87. The molecule has 49 heavy (non-hydrogen) atoms. The third-order valence-electron chi connectivity index (χ3n) is 9.54. The Balaban J connectivity index is 4.24. The van der Waals surface area contributed by atoms with Gasteiger partial charge < -0.3 is 14.2 Å². The first-order chi connectivity index (χ1) is 23.9. The monoisotopic (exact) mass is 695 g/mol. The Labute approximate surface area is 304 Å². The molecule has 6 nitrogen and oxygen atoms in total. The van der Waals surface area contributed by atoms with Crippen molar-refractivity contribution in [3.63, 3.8) is 0 Å². The highest BCUT2D eigenvalue weighted by molar-refractivity contribution is 5.71. The molecule has 0 aromatic heterocycles. The highest BCUT2D eigenvalue weighted by Gasteiger charge is 2.19. The number of carbonyl (C=O) groups excluding carboxylic acids is 3. The summed E-state index contributed by atoms with van der Waals surface area (Å²) in [5.74, 6) is -0.110. The third kappa shape index (κ3) is 37.5. The van der Waals surface area contributed by atoms with E-state index >= 15 is 0 Å². The zero-order chi connectivity index (χ0) is 36.0. The Kier molecular flexibility index (Phi) is 36.4. The highest BCUT2D eigenvalue weighted by Crippen LogP contribution is 2.15. The molecule has 0 saturated carbocycles. The Morgan fingerprint density at radius 2 is 0.673 bits per heavy atom. The predicted octanol–water partition coefficient (Wildman–Crippen LogP) is 13.2. The molecule has 0 aromatic rings. The topological polar surface area (TPSA) is 78.9 Å². The van der Waals surface area contributed by atoms with Crippen molar-refractivity contribution in [2.75, 3.05) is 13.2 Å². The van der Waals surface area contributed by atoms with Crippen LogP contribution in [-0.2, 0) is 28.6 Å². The van der Waals surface area contributed by atoms with Gasteiger partial charge in [0, 0.05) is 19.3 Å². The molecule has 0 radical (unpaired) electrons. The quantitative estimate of drug-likeness (QED) is 0.0364. The predicted molar refractivity (Wildman–Crippen MR) is 206 cm³/mol. The molecule has 290 valence electrons. The summed E-state index contributed by atoms with van der Waals surface area (Å²) in [6, 6.07) is 0. The van der Waals surface area contributed by atoms with Gasteiger partial charge in [0.15, 0.2) is 6.10 Å². The molecule has 6 heteroatoms. The van der Waals surface area contributed by atoms with Crippen molar-refractivity contribution in [2.24, 2.45) is 5.92 Å². The highest BCUT2D eigenvalue weighted by atomic mass is 16.6. The van der Waals surface area contributed by atoms with Crippen LogP contribution >= 0.6 is 0 Å². The average Bonchev–Trinajstić information content (AvgIpc) is 3.08. The largest absolute Gasteiger partial charge is 0.462 e. The molecule has 0 fully saturated rings. The summed E-state index contributed by atoms with van der Waals surface area (Å²) in [6.07, 6.45) is 35.4. The van der Waals surface area contributed by atoms with Crippen molar-refractivity contribution in [3.05, 3.63) is 0 Å². The molecular weight excluding hydrogens is 612 g/mol. The summed E-state index contributed by atoms with van der Waals surface area (Å²) >= 11 is 0. The third-order valence-corrected chi connectivity index (χ3v) is 9.54. The van der Waals surface area contributed by atoms with Crippen LogP contribution in [0.15, 0.2) is 0 Å². The normalized spacial score (nSPS) is 11.9. The van der Waals surface area contributed by atoms with Crippen LogP contribution < -0.4 is 0 Å². The van der Waals surface area contributed by atoms with E-state index in [9.17, 15) is 14.4 Å². The molecule has 0 rings (SSSR count). The van der Waals surface area contributed by atoms with Crippen LogP contribution in [0.25, 0.3) is 0 Å². The molecule has 0 saturated heterocycles. The lowest BCUT2D eigenvalue weighted by Gasteiger charge is -2.18. The van der Waals surface area contributed by atoms with Crippen molar-refractivity contribution < 1.29 is 28.6 Å². The lowest BCUT2D eigenvalue weighted by Crippen LogP contribution is -2.30. The van der Waals surface area contributed by atoms with E-state index in [2.05, 4.69) is 27.7 Å². The molecule has 0 aliphatic carbocycles. The van der Waals surface area contributed by atoms with Gasteiger partial charge in [-0.2, -0.15) is 0 Å². The number of hydrogen-bond acceptors (Lipinski definition) is 6. The average molecular weight is 695 g/mol. The lowest BCUT2D eigenvalue weighted by atomic mass is 10.0. The van der Waals surface area contributed by atoms with Crippen LogP contribution in [-0.4, -0.2) is 37.2 Å². The zero-order valence-electron chi connectivity index (χ0n) is 33.1. The van der Waals surface area contributed by atoms with Gasteiger partial charge in [-0.05, 0) is 25.2 Å². The first-order valence-electron chi connectivity index (χ1n) is 21.4. The number of ether oxygens (including phenoxy) is 3. The van der Waals surface area contributed by atoms with Crippen LogP contribution in [0.2, 0.25) is 0 Å². The van der Waals surface area contributed by atoms with E-state index in [0.717, 1.165) is 63.7 Å². The minimum atomic E-state index is -0.758. The number of rotatable bonds is 38. The molecule has 0 N–H and O–H groups in total. The molecule has 0 heterocycles. The minimum absolute atomic E-state index is 0.0656. The smallest absolute Gasteiger partial charge is 0.306 e. The molecule has 0 aromatic carbocycles. The molecule has 0 aliphatic rings. The summed E-state index contributed by atoms with van der Waals surface area (Å²) < 4.78 is 16.6. The van der Waals surface area contributed by atoms with E-state index in [1.54, 1.807) is 0 Å². The minimum Gasteiger partial charge on any atom is -0.462 e. The van der Waals surface area contributed by atoms with Gasteiger partial charge in [0.25, 0.3) is 0 Å². The van der Waals surface area contributed by atoms with E-state index in [-0.39, 0.29) is 31.1 Å². The van der Waals surface area contributed by atoms with E-state index in [4.69, 9.17) is 14.2 Å². The van der Waals surface area contributed by atoms with Gasteiger partial charge >= 0.3 is 17.9 Å². The van der Waals surface area contributed by atoms with Crippen molar-refractivity contribution in [3.8, 4) is 0 Å². The van der Waals surface area contributed by atoms with Crippen molar-refractivity contribution in [2.45, 2.75) is 239 Å². The molecule has 0 spiro atoms. The first kappa shape index (κ1) is 47.4. The fraction of sp³-hybridized carbons (Fsp3) is 0.930. The molecular formula is C43H82O6. The molecule has 1 atom stereocenters. The fourth-order valence-electron chi connectivity index (χ4n) is 6.27. The number of carbonyl (C=O) groups is 3. The van der Waals surface area contributed by atoms with Gasteiger partial charge in [-0.3, -0.25) is 14.4 Å². The van der Waals surface area contributed by atoms with E-state index in [0.29, 0.717) is 19.3 Å². The summed E-state index contributed by atoms with van der Waals surface area (Å²) in [5.41, 5.74) is 0. The zero-order valence-corrected chi connectivity index (χ0v) is 33.1. The molecule has 0 bridgehead atoms. The fourth-order valence-corrected chi connectivity index (χ4v) is 6.27. The summed E-state index contributed by atoms with van der Waals surface area (Å²) in [7, 11) is 0. The molecule has 0 aliphatic heterocycles. The van der Waals surface area contributed by atoms with Gasteiger partial charge in [-0.1, -0.05) is 195 Å². The number of unbranched alkanes of at least 4 members (excludes halogenated alkanes) is 25. The van der Waals surface area contributed by atoms with Crippen LogP contribution in [0.1, 0.15) is 233 Å². The van der Waals surface area contributed by atoms with Crippen molar-refractivity contribution in [1.29, 1.82) is 0 Å². The first-order valence-corrected chi connectivity index (χ1v) is 21.4. The van der Waals surface area contributed by atoms with E-state index < -0.39 is 6.10 Å².